The van der Waals surface area contributed by atoms with Crippen molar-refractivity contribution in [3.63, 3.8) is 0 Å². The molecule has 204 valence electrons. The highest BCUT2D eigenvalue weighted by molar-refractivity contribution is 7.14. The third-order valence-electron chi connectivity index (χ3n) is 6.45. The largest absolute Gasteiger partial charge is 0.337 e. The fraction of sp³-hybridized carbons (Fsp3) is 0.556. The number of amides is 3. The van der Waals surface area contributed by atoms with Gasteiger partial charge in [-0.3, -0.25) is 4.79 Å². The van der Waals surface area contributed by atoms with Gasteiger partial charge in [0.15, 0.2) is 0 Å². The molecule has 0 radical (unpaired) electrons. The molecule has 3 amide bonds. The van der Waals surface area contributed by atoms with E-state index in [4.69, 9.17) is 11.6 Å². The van der Waals surface area contributed by atoms with E-state index in [9.17, 15) is 14.0 Å². The number of benzene rings is 1. The highest BCUT2D eigenvalue weighted by atomic mass is 35.5. The van der Waals surface area contributed by atoms with Gasteiger partial charge in [0.2, 0.25) is 0 Å². The monoisotopic (exact) mass is 551 g/mol. The first kappa shape index (κ1) is 29.4. The van der Waals surface area contributed by atoms with Gasteiger partial charge in [-0.15, -0.1) is 11.3 Å². The Bertz CT molecular complexity index is 1110. The normalized spacial score (nSPS) is 15.1. The van der Waals surface area contributed by atoms with Gasteiger partial charge in [0.1, 0.15) is 10.7 Å². The molecular weight excluding hydrogens is 513 g/mol. The maximum Gasteiger partial charge on any atom is 0.323 e. The molecule has 2 heterocycles. The van der Waals surface area contributed by atoms with E-state index in [1.165, 1.54) is 23.5 Å². The summed E-state index contributed by atoms with van der Waals surface area (Å²) in [6.45, 7) is 13.2. The van der Waals surface area contributed by atoms with Crippen LogP contribution >= 0.6 is 22.9 Å². The zero-order chi connectivity index (χ0) is 27.3. The van der Waals surface area contributed by atoms with Crippen molar-refractivity contribution < 1.29 is 14.0 Å². The summed E-state index contributed by atoms with van der Waals surface area (Å²) in [5.74, 6) is -0.591. The first-order valence-corrected chi connectivity index (χ1v) is 14.0. The van der Waals surface area contributed by atoms with E-state index in [2.05, 4.69) is 55.3 Å². The first-order valence-electron chi connectivity index (χ1n) is 12.8. The van der Waals surface area contributed by atoms with Gasteiger partial charge in [-0.05, 0) is 62.7 Å². The van der Waals surface area contributed by atoms with Gasteiger partial charge in [0.05, 0.1) is 10.7 Å². The Morgan fingerprint density at radius 1 is 1.11 bits per heavy atom. The van der Waals surface area contributed by atoms with Crippen LogP contribution in [-0.4, -0.2) is 80.0 Å². The maximum atomic E-state index is 13.9. The Labute approximate surface area is 228 Å². The molecule has 1 saturated heterocycles. The van der Waals surface area contributed by atoms with Crippen LogP contribution in [-0.2, 0) is 11.8 Å². The molecule has 10 heteroatoms. The molecule has 1 aliphatic rings. The summed E-state index contributed by atoms with van der Waals surface area (Å²) < 4.78 is 13.9. The molecule has 0 spiro atoms. The summed E-state index contributed by atoms with van der Waals surface area (Å²) in [5, 5.41) is 5.66. The van der Waals surface area contributed by atoms with Gasteiger partial charge < -0.3 is 25.3 Å². The van der Waals surface area contributed by atoms with Crippen LogP contribution < -0.4 is 10.6 Å². The van der Waals surface area contributed by atoms with Crippen molar-refractivity contribution in [1.29, 1.82) is 0 Å². The van der Waals surface area contributed by atoms with Crippen molar-refractivity contribution in [3.05, 3.63) is 44.4 Å². The van der Waals surface area contributed by atoms with Crippen LogP contribution in [0.1, 0.15) is 54.2 Å². The molecule has 7 nitrogen and oxygen atoms in total. The average Bonchev–Trinajstić information content (AvgIpc) is 3.10. The average molecular weight is 552 g/mol. The Balaban J connectivity index is 1.79. The van der Waals surface area contributed by atoms with Crippen LogP contribution in [0.5, 0.6) is 0 Å². The van der Waals surface area contributed by atoms with Crippen molar-refractivity contribution >= 4 is 46.3 Å². The summed E-state index contributed by atoms with van der Waals surface area (Å²) in [6, 6.07) is 4.11. The van der Waals surface area contributed by atoms with Crippen LogP contribution in [0.25, 0.3) is 0 Å². The molecule has 1 fully saturated rings. The second-order valence-corrected chi connectivity index (χ2v) is 12.1. The second kappa shape index (κ2) is 12.6. The van der Waals surface area contributed by atoms with Crippen LogP contribution in [0.15, 0.2) is 18.2 Å². The summed E-state index contributed by atoms with van der Waals surface area (Å²) in [7, 11) is 4.13. The molecule has 2 N–H and O–H groups in total. The molecule has 37 heavy (non-hydrogen) atoms. The fourth-order valence-corrected chi connectivity index (χ4v) is 5.66. The third kappa shape index (κ3) is 7.66. The molecular formula is C27H39ClFN5O2S. The molecule has 0 saturated carbocycles. The minimum Gasteiger partial charge on any atom is -0.337 e. The molecule has 1 aromatic heterocycles. The topological polar surface area (TPSA) is 67.9 Å². The molecule has 2 aromatic rings. The lowest BCUT2D eigenvalue weighted by Gasteiger charge is -2.23. The predicted molar refractivity (Wildman–Crippen MR) is 152 cm³/mol. The number of carbonyl (C=O) groups is 2. The number of likely N-dealkylation sites (N-methyl/N-ethyl adjacent to an activating group) is 1. The first-order chi connectivity index (χ1) is 17.4. The van der Waals surface area contributed by atoms with E-state index in [0.29, 0.717) is 41.3 Å². The van der Waals surface area contributed by atoms with Gasteiger partial charge >= 0.3 is 6.03 Å². The Kier molecular flexibility index (Phi) is 9.97. The smallest absolute Gasteiger partial charge is 0.323 e. The minimum atomic E-state index is -0.525. The summed E-state index contributed by atoms with van der Waals surface area (Å²) in [6.07, 6.45) is 1.37. The molecule has 1 aromatic carbocycles. The summed E-state index contributed by atoms with van der Waals surface area (Å²) in [4.78, 5) is 34.7. The van der Waals surface area contributed by atoms with Gasteiger partial charge in [0, 0.05) is 43.3 Å². The van der Waals surface area contributed by atoms with Crippen LogP contribution in [0.3, 0.4) is 0 Å². The fourth-order valence-electron chi connectivity index (χ4n) is 4.23. The lowest BCUT2D eigenvalue weighted by molar-refractivity contribution is 0.0767. The van der Waals surface area contributed by atoms with Gasteiger partial charge in [-0.1, -0.05) is 39.3 Å². The summed E-state index contributed by atoms with van der Waals surface area (Å²) >= 11 is 7.53. The van der Waals surface area contributed by atoms with Crippen LogP contribution in [0.2, 0.25) is 5.02 Å². The molecule has 3 rings (SSSR count). The lowest BCUT2D eigenvalue weighted by Crippen LogP contribution is -2.37. The number of nitrogens with zero attached hydrogens (tertiary/aromatic N) is 3. The van der Waals surface area contributed by atoms with Crippen molar-refractivity contribution in [3.8, 4) is 0 Å². The number of hydrogen-bond donors (Lipinski definition) is 2. The lowest BCUT2D eigenvalue weighted by atomic mass is 9.94. The van der Waals surface area contributed by atoms with E-state index in [1.54, 1.807) is 0 Å². The number of nitrogens with one attached hydrogen (secondary N) is 2. The van der Waals surface area contributed by atoms with Crippen molar-refractivity contribution in [2.45, 2.75) is 46.0 Å². The molecule has 0 unspecified atom stereocenters. The Morgan fingerprint density at radius 2 is 1.81 bits per heavy atom. The highest BCUT2D eigenvalue weighted by Crippen LogP contribution is 2.37. The molecule has 0 aliphatic carbocycles. The Hall–Kier alpha value is -2.20. The van der Waals surface area contributed by atoms with Crippen LogP contribution in [0, 0.1) is 5.82 Å². The van der Waals surface area contributed by atoms with Crippen LogP contribution in [0.4, 0.5) is 20.6 Å². The van der Waals surface area contributed by atoms with E-state index in [1.807, 2.05) is 17.9 Å². The van der Waals surface area contributed by atoms with E-state index in [-0.39, 0.29) is 16.3 Å². The third-order valence-corrected chi connectivity index (χ3v) is 8.41. The molecule has 0 bridgehead atoms. The maximum absolute atomic E-state index is 13.9. The number of thiophene rings is 1. The predicted octanol–water partition coefficient (Wildman–Crippen LogP) is 5.75. The standard InChI is InChI=1S/C27H39ClFN5O2S/c1-7-18-20(10-9-19(29)23(18)28)30-26(36)31-21-17-22(27(2,3)4)37-24(21)25(35)34-12-8-11-33(15-16-34)14-13-32(5)6/h9-10,17H,7-8,11-16H2,1-6H3,(H2,30,31,36). The van der Waals surface area contributed by atoms with E-state index >= 15 is 0 Å². The van der Waals surface area contributed by atoms with Gasteiger partial charge in [-0.2, -0.15) is 0 Å². The minimum absolute atomic E-state index is 0.00232. The van der Waals surface area contributed by atoms with Gasteiger partial charge in [0.25, 0.3) is 5.91 Å². The SMILES string of the molecule is CCc1c(NC(=O)Nc2cc(C(C)(C)C)sc2C(=O)N2CCCN(CCN(C)C)CC2)ccc(F)c1Cl. The number of halogens is 2. The number of hydrogen-bond acceptors (Lipinski definition) is 5. The Morgan fingerprint density at radius 3 is 2.46 bits per heavy atom. The number of anilines is 2. The molecule has 1 aliphatic heterocycles. The number of carbonyl (C=O) groups excluding carboxylic acids is 2. The van der Waals surface area contributed by atoms with E-state index < -0.39 is 11.8 Å². The number of rotatable bonds is 7. The summed E-state index contributed by atoms with van der Waals surface area (Å²) in [5.41, 5.74) is 1.27. The van der Waals surface area contributed by atoms with E-state index in [0.717, 1.165) is 37.5 Å². The quantitative estimate of drug-likeness (QED) is 0.459. The second-order valence-electron chi connectivity index (χ2n) is 10.7. The van der Waals surface area contributed by atoms with Crippen molar-refractivity contribution in [2.24, 2.45) is 0 Å². The number of urea groups is 1. The zero-order valence-corrected chi connectivity index (χ0v) is 24.3. The van der Waals surface area contributed by atoms with Gasteiger partial charge in [-0.25, -0.2) is 9.18 Å². The van der Waals surface area contributed by atoms with Crippen molar-refractivity contribution in [1.82, 2.24) is 14.7 Å². The molecule has 0 atom stereocenters. The highest BCUT2D eigenvalue weighted by Gasteiger charge is 2.28. The zero-order valence-electron chi connectivity index (χ0n) is 22.7. The van der Waals surface area contributed by atoms with Crippen molar-refractivity contribution in [2.75, 3.05) is 64.0 Å².